The lowest BCUT2D eigenvalue weighted by molar-refractivity contribution is 0.00727. The second kappa shape index (κ2) is 12.1. The molecule has 2 heterocycles. The minimum absolute atomic E-state index is 0.0245. The number of hydrogen-bond donors (Lipinski definition) is 0. The van der Waals surface area contributed by atoms with Crippen molar-refractivity contribution < 1.29 is 9.47 Å². The average molecular weight is 731 g/mol. The van der Waals surface area contributed by atoms with Crippen LogP contribution >= 0.6 is 0 Å². The Balaban J connectivity index is 1.13. The smallest absolute Gasteiger partial charge is 0.124 e. The van der Waals surface area contributed by atoms with E-state index in [0.717, 1.165) is 24.3 Å². The molecule has 278 valence electrons. The van der Waals surface area contributed by atoms with E-state index in [2.05, 4.69) is 161 Å². The molecule has 7 aromatic carbocycles. The maximum absolute atomic E-state index is 6.74. The monoisotopic (exact) mass is 730 g/mol. The van der Waals surface area contributed by atoms with Crippen LogP contribution in [0.2, 0.25) is 0 Å². The normalized spacial score (nSPS) is 26.2. The van der Waals surface area contributed by atoms with Crippen molar-refractivity contribution in [3.8, 4) is 56.0 Å². The zero-order chi connectivity index (χ0) is 37.9. The van der Waals surface area contributed by atoms with Gasteiger partial charge in [0.2, 0.25) is 0 Å². The summed E-state index contributed by atoms with van der Waals surface area (Å²) in [6, 6.07) is 50.3. The SMILES string of the molecule is CC12CCCCC1(C)c1cc(-c3ccc4c(-c5ccccc5)c5cc(-c6ccc7c(c6)C6(C)CCCCC6(C)O7)ccc5c(-c5ccccc5)c4c3)ccc1O2. The molecule has 0 radical (unpaired) electrons. The second-order valence-corrected chi connectivity index (χ2v) is 18.2. The standard InChI is InChI=1S/C54H50O2/c1-51-27-11-13-29-53(51,3)55-47-25-21-39(33-45(47)51)37-19-23-41-43(31-37)49(35-15-7-5-8-16-35)42-24-20-38(32-44(42)50(41)36-17-9-6-10-18-36)40-22-26-48-46(34-40)52(2)28-12-14-30-54(52,4)56-48/h5-10,15-26,31-34H,11-14,27-30H2,1-4H3. The molecule has 4 atom stereocenters. The van der Waals surface area contributed by atoms with Gasteiger partial charge in [0, 0.05) is 22.0 Å². The molecule has 4 unspecified atom stereocenters. The average Bonchev–Trinajstić information content (AvgIpc) is 3.62. The molecule has 0 amide bonds. The maximum atomic E-state index is 6.74. The summed E-state index contributed by atoms with van der Waals surface area (Å²) in [5, 5.41) is 5.09. The molecule has 2 saturated carbocycles. The Morgan fingerprint density at radius 1 is 0.357 bits per heavy atom. The van der Waals surface area contributed by atoms with Crippen molar-refractivity contribution in [3.05, 3.63) is 145 Å². The minimum Gasteiger partial charge on any atom is -0.486 e. The Hall–Kier alpha value is -5.34. The fourth-order valence-corrected chi connectivity index (χ4v) is 11.5. The van der Waals surface area contributed by atoms with Crippen molar-refractivity contribution >= 4 is 21.5 Å². The molecule has 0 saturated heterocycles. The second-order valence-electron chi connectivity index (χ2n) is 18.2. The highest BCUT2D eigenvalue weighted by atomic mass is 16.5. The summed E-state index contributed by atoms with van der Waals surface area (Å²) in [4.78, 5) is 0. The van der Waals surface area contributed by atoms with E-state index >= 15 is 0 Å². The van der Waals surface area contributed by atoms with Gasteiger partial charge in [0.1, 0.15) is 22.7 Å². The number of rotatable bonds is 4. The van der Waals surface area contributed by atoms with Gasteiger partial charge >= 0.3 is 0 Å². The van der Waals surface area contributed by atoms with E-state index in [0.29, 0.717) is 0 Å². The topological polar surface area (TPSA) is 18.5 Å². The van der Waals surface area contributed by atoms with Crippen LogP contribution in [0.15, 0.2) is 133 Å². The van der Waals surface area contributed by atoms with Crippen LogP contribution < -0.4 is 9.47 Å². The first-order chi connectivity index (χ1) is 27.2. The third-order valence-corrected chi connectivity index (χ3v) is 15.2. The van der Waals surface area contributed by atoms with Gasteiger partial charge in [-0.15, -0.1) is 0 Å². The van der Waals surface area contributed by atoms with E-state index in [-0.39, 0.29) is 22.0 Å². The minimum atomic E-state index is -0.138. The van der Waals surface area contributed by atoms with Crippen molar-refractivity contribution in [2.45, 2.75) is 101 Å². The van der Waals surface area contributed by atoms with Gasteiger partial charge in [-0.05, 0) is 155 Å². The van der Waals surface area contributed by atoms with Crippen molar-refractivity contribution in [3.63, 3.8) is 0 Å². The van der Waals surface area contributed by atoms with Crippen LogP contribution in [0.1, 0.15) is 90.2 Å². The number of fused-ring (bicyclic) bond motifs is 8. The van der Waals surface area contributed by atoms with Crippen molar-refractivity contribution in [2.24, 2.45) is 0 Å². The van der Waals surface area contributed by atoms with Gasteiger partial charge in [-0.2, -0.15) is 0 Å². The third kappa shape index (κ3) is 4.74. The summed E-state index contributed by atoms with van der Waals surface area (Å²) in [6.45, 7) is 9.54. The quantitative estimate of drug-likeness (QED) is 0.168. The molecule has 0 aromatic heterocycles. The van der Waals surface area contributed by atoms with Crippen LogP contribution in [0.5, 0.6) is 11.5 Å². The van der Waals surface area contributed by atoms with Gasteiger partial charge < -0.3 is 9.47 Å². The van der Waals surface area contributed by atoms with Gasteiger partial charge in [0.15, 0.2) is 0 Å². The summed E-state index contributed by atoms with van der Waals surface area (Å²) >= 11 is 0. The fourth-order valence-electron chi connectivity index (χ4n) is 11.5. The third-order valence-electron chi connectivity index (χ3n) is 15.2. The Morgan fingerprint density at radius 3 is 1.16 bits per heavy atom. The first kappa shape index (κ1) is 34.0. The summed E-state index contributed by atoms with van der Waals surface area (Å²) in [6.07, 6.45) is 9.55. The van der Waals surface area contributed by atoms with Gasteiger partial charge in [-0.1, -0.05) is 124 Å². The van der Waals surface area contributed by atoms with Gasteiger partial charge in [0.05, 0.1) is 0 Å². The first-order valence-electron chi connectivity index (χ1n) is 21.0. The predicted molar refractivity (Wildman–Crippen MR) is 233 cm³/mol. The summed E-state index contributed by atoms with van der Waals surface area (Å²) < 4.78 is 13.5. The van der Waals surface area contributed by atoms with Crippen LogP contribution in [0.3, 0.4) is 0 Å². The van der Waals surface area contributed by atoms with E-state index in [1.807, 2.05) is 0 Å². The van der Waals surface area contributed by atoms with Crippen LogP contribution in [-0.2, 0) is 10.8 Å². The zero-order valence-corrected chi connectivity index (χ0v) is 33.2. The molecular formula is C54H50O2. The molecule has 0 spiro atoms. The van der Waals surface area contributed by atoms with Gasteiger partial charge in [-0.3, -0.25) is 0 Å². The van der Waals surface area contributed by atoms with Gasteiger partial charge in [-0.25, -0.2) is 0 Å². The first-order valence-corrected chi connectivity index (χ1v) is 21.0. The van der Waals surface area contributed by atoms with Crippen LogP contribution in [-0.4, -0.2) is 11.2 Å². The Labute approximate surface area is 331 Å². The number of hydrogen-bond acceptors (Lipinski definition) is 2. The van der Waals surface area contributed by atoms with Gasteiger partial charge in [0.25, 0.3) is 0 Å². The van der Waals surface area contributed by atoms with Crippen molar-refractivity contribution in [1.82, 2.24) is 0 Å². The molecule has 2 aliphatic heterocycles. The van der Waals surface area contributed by atoms with E-state index in [1.165, 1.54) is 116 Å². The predicted octanol–water partition coefficient (Wildman–Crippen LogP) is 14.6. The molecule has 11 rings (SSSR count). The summed E-state index contributed by atoms with van der Waals surface area (Å²) in [7, 11) is 0. The highest BCUT2D eigenvalue weighted by Crippen LogP contribution is 2.58. The molecule has 2 nitrogen and oxygen atoms in total. The van der Waals surface area contributed by atoms with Crippen molar-refractivity contribution in [2.75, 3.05) is 0 Å². The van der Waals surface area contributed by atoms with E-state index in [9.17, 15) is 0 Å². The molecule has 7 aromatic rings. The van der Waals surface area contributed by atoms with E-state index < -0.39 is 0 Å². The number of benzene rings is 7. The lowest BCUT2D eigenvalue weighted by atomic mass is 9.63. The highest BCUT2D eigenvalue weighted by Gasteiger charge is 2.56. The van der Waals surface area contributed by atoms with Crippen molar-refractivity contribution in [1.29, 1.82) is 0 Å². The molecule has 4 aliphatic rings. The Morgan fingerprint density at radius 2 is 0.732 bits per heavy atom. The van der Waals surface area contributed by atoms with Crippen LogP contribution in [0, 0.1) is 0 Å². The highest BCUT2D eigenvalue weighted by molar-refractivity contribution is 6.22. The lowest BCUT2D eigenvalue weighted by Gasteiger charge is -2.43. The Kier molecular flexibility index (Phi) is 7.32. The van der Waals surface area contributed by atoms with Crippen LogP contribution in [0.4, 0.5) is 0 Å². The lowest BCUT2D eigenvalue weighted by Crippen LogP contribution is -2.49. The molecule has 2 aliphatic carbocycles. The molecule has 56 heavy (non-hydrogen) atoms. The molecule has 2 heteroatoms. The molecule has 0 bridgehead atoms. The summed E-state index contributed by atoms with van der Waals surface area (Å²) in [5.74, 6) is 2.13. The largest absolute Gasteiger partial charge is 0.486 e. The van der Waals surface area contributed by atoms with E-state index in [1.54, 1.807) is 0 Å². The molecule has 0 N–H and O–H groups in total. The molecule has 2 fully saturated rings. The van der Waals surface area contributed by atoms with Crippen LogP contribution in [0.25, 0.3) is 66.1 Å². The zero-order valence-electron chi connectivity index (χ0n) is 33.2. The fraction of sp³-hybridized carbons (Fsp3) is 0.296. The molecular weight excluding hydrogens is 681 g/mol. The number of ether oxygens (including phenoxy) is 2. The van der Waals surface area contributed by atoms with E-state index in [4.69, 9.17) is 9.47 Å². The maximum Gasteiger partial charge on any atom is 0.124 e. The summed E-state index contributed by atoms with van der Waals surface area (Å²) in [5.41, 5.74) is 12.5. The Bertz CT molecular complexity index is 2520.